The molecular formula is C13H18FNO2S. The molecule has 0 bridgehead atoms. The number of nitrogens with zero attached hydrogens (tertiary/aromatic N) is 1. The molecule has 1 aromatic rings. The van der Waals surface area contributed by atoms with Gasteiger partial charge in [0.25, 0.3) is 0 Å². The van der Waals surface area contributed by atoms with Crippen LogP contribution in [-0.4, -0.2) is 40.9 Å². The van der Waals surface area contributed by atoms with Crippen molar-refractivity contribution >= 4 is 17.7 Å². The summed E-state index contributed by atoms with van der Waals surface area (Å²) >= 11 is 1.60. The minimum absolute atomic E-state index is 0.0572. The zero-order chi connectivity index (χ0) is 13.5. The van der Waals surface area contributed by atoms with E-state index < -0.39 is 5.97 Å². The third-order valence-electron chi connectivity index (χ3n) is 2.53. The second-order valence-corrected chi connectivity index (χ2v) is 5.43. The smallest absolute Gasteiger partial charge is 0.317 e. The normalized spacial score (nSPS) is 11.2. The van der Waals surface area contributed by atoms with Crippen molar-refractivity contribution in [1.82, 2.24) is 4.90 Å². The van der Waals surface area contributed by atoms with Gasteiger partial charge in [-0.25, -0.2) is 4.39 Å². The molecule has 0 heterocycles. The topological polar surface area (TPSA) is 40.5 Å². The number of halogens is 1. The molecule has 0 amide bonds. The zero-order valence-electron chi connectivity index (χ0n) is 10.6. The van der Waals surface area contributed by atoms with Crippen LogP contribution in [0.2, 0.25) is 0 Å². The van der Waals surface area contributed by atoms with Crippen LogP contribution >= 0.6 is 11.8 Å². The number of hydrogen-bond acceptors (Lipinski definition) is 3. The lowest BCUT2D eigenvalue weighted by atomic mass is 10.3. The summed E-state index contributed by atoms with van der Waals surface area (Å²) in [5.74, 6) is -0.263. The molecule has 3 nitrogen and oxygen atoms in total. The minimum atomic E-state index is -0.810. The van der Waals surface area contributed by atoms with Crippen molar-refractivity contribution in [1.29, 1.82) is 0 Å². The first-order valence-electron chi connectivity index (χ1n) is 5.83. The summed E-state index contributed by atoms with van der Waals surface area (Å²) in [5, 5.41) is 8.79. The van der Waals surface area contributed by atoms with E-state index in [1.807, 2.05) is 18.7 Å². The average Bonchev–Trinajstić information content (AvgIpc) is 2.29. The van der Waals surface area contributed by atoms with Gasteiger partial charge in [0.1, 0.15) is 5.82 Å². The lowest BCUT2D eigenvalue weighted by molar-refractivity contribution is -0.138. The van der Waals surface area contributed by atoms with E-state index >= 15 is 0 Å². The standard InChI is InChI=1S/C13H18FNO2S/c1-10(2)15(9-13(16)17)7-8-18-12-5-3-11(14)4-6-12/h3-6,10H,7-9H2,1-2H3,(H,16,17). The lowest BCUT2D eigenvalue weighted by Gasteiger charge is -2.24. The molecule has 0 fully saturated rings. The summed E-state index contributed by atoms with van der Waals surface area (Å²) in [6.45, 7) is 4.71. The highest BCUT2D eigenvalue weighted by Gasteiger charge is 2.12. The Labute approximate surface area is 111 Å². The number of carbonyl (C=O) groups is 1. The first-order chi connectivity index (χ1) is 8.49. The van der Waals surface area contributed by atoms with Gasteiger partial charge in [-0.05, 0) is 38.1 Å². The Bertz CT molecular complexity index is 381. The third-order valence-corrected chi connectivity index (χ3v) is 3.52. The van der Waals surface area contributed by atoms with Crippen molar-refractivity contribution in [2.45, 2.75) is 24.8 Å². The SMILES string of the molecule is CC(C)N(CCSc1ccc(F)cc1)CC(=O)O. The number of benzene rings is 1. The van der Waals surface area contributed by atoms with Crippen molar-refractivity contribution in [3.63, 3.8) is 0 Å². The maximum absolute atomic E-state index is 12.7. The number of aliphatic carboxylic acids is 1. The van der Waals surface area contributed by atoms with Gasteiger partial charge in [-0.3, -0.25) is 9.69 Å². The van der Waals surface area contributed by atoms with Gasteiger partial charge >= 0.3 is 5.97 Å². The molecule has 1 rings (SSSR count). The van der Waals surface area contributed by atoms with Crippen LogP contribution in [0, 0.1) is 5.82 Å². The van der Waals surface area contributed by atoms with Crippen LogP contribution in [0.5, 0.6) is 0 Å². The highest BCUT2D eigenvalue weighted by molar-refractivity contribution is 7.99. The molecule has 0 saturated carbocycles. The van der Waals surface area contributed by atoms with Gasteiger partial charge in [0.15, 0.2) is 0 Å². The molecule has 0 aliphatic carbocycles. The fraction of sp³-hybridized carbons (Fsp3) is 0.462. The number of rotatable bonds is 7. The van der Waals surface area contributed by atoms with Crippen LogP contribution in [0.4, 0.5) is 4.39 Å². The fourth-order valence-corrected chi connectivity index (χ4v) is 2.40. The van der Waals surface area contributed by atoms with Crippen LogP contribution in [0.25, 0.3) is 0 Å². The van der Waals surface area contributed by atoms with Gasteiger partial charge in [0.2, 0.25) is 0 Å². The van der Waals surface area contributed by atoms with E-state index in [9.17, 15) is 9.18 Å². The Morgan fingerprint density at radius 2 is 2.00 bits per heavy atom. The predicted molar refractivity (Wildman–Crippen MR) is 71.5 cm³/mol. The van der Waals surface area contributed by atoms with Gasteiger partial charge in [-0.2, -0.15) is 0 Å². The van der Waals surface area contributed by atoms with E-state index in [1.54, 1.807) is 23.9 Å². The van der Waals surface area contributed by atoms with Crippen molar-refractivity contribution in [3.8, 4) is 0 Å². The summed E-state index contributed by atoms with van der Waals surface area (Å²) in [4.78, 5) is 13.6. The molecule has 1 N–H and O–H groups in total. The lowest BCUT2D eigenvalue weighted by Crippen LogP contribution is -2.37. The number of carboxylic acids is 1. The fourth-order valence-electron chi connectivity index (χ4n) is 1.51. The largest absolute Gasteiger partial charge is 0.480 e. The van der Waals surface area contributed by atoms with E-state index in [2.05, 4.69) is 0 Å². The summed E-state index contributed by atoms with van der Waals surface area (Å²) < 4.78 is 12.7. The molecule has 18 heavy (non-hydrogen) atoms. The molecule has 0 saturated heterocycles. The molecule has 100 valence electrons. The Morgan fingerprint density at radius 3 is 2.50 bits per heavy atom. The monoisotopic (exact) mass is 271 g/mol. The second kappa shape index (κ2) is 7.38. The van der Waals surface area contributed by atoms with E-state index in [0.717, 1.165) is 10.6 Å². The van der Waals surface area contributed by atoms with Crippen molar-refractivity contribution in [2.24, 2.45) is 0 Å². The van der Waals surface area contributed by atoms with Gasteiger partial charge in [0.05, 0.1) is 6.54 Å². The Morgan fingerprint density at radius 1 is 1.39 bits per heavy atom. The van der Waals surface area contributed by atoms with Gasteiger partial charge < -0.3 is 5.11 Å². The predicted octanol–water partition coefficient (Wildman–Crippen LogP) is 2.71. The number of carboxylic acid groups (broad SMARTS) is 1. The highest BCUT2D eigenvalue weighted by atomic mass is 32.2. The van der Waals surface area contributed by atoms with Gasteiger partial charge in [0, 0.05) is 23.2 Å². The highest BCUT2D eigenvalue weighted by Crippen LogP contribution is 2.18. The quantitative estimate of drug-likeness (QED) is 0.774. The van der Waals surface area contributed by atoms with Crippen LogP contribution in [-0.2, 0) is 4.79 Å². The van der Waals surface area contributed by atoms with E-state index in [-0.39, 0.29) is 18.4 Å². The zero-order valence-corrected chi connectivity index (χ0v) is 11.4. The molecule has 0 spiro atoms. The second-order valence-electron chi connectivity index (χ2n) is 4.26. The molecule has 5 heteroatoms. The molecule has 0 aliphatic heterocycles. The Hall–Kier alpha value is -1.07. The van der Waals surface area contributed by atoms with Gasteiger partial charge in [-0.1, -0.05) is 0 Å². The van der Waals surface area contributed by atoms with Crippen LogP contribution in [0.15, 0.2) is 29.2 Å². The van der Waals surface area contributed by atoms with E-state index in [4.69, 9.17) is 5.11 Å². The summed E-state index contributed by atoms with van der Waals surface area (Å²) in [6.07, 6.45) is 0. The maximum Gasteiger partial charge on any atom is 0.317 e. The number of hydrogen-bond donors (Lipinski definition) is 1. The molecular weight excluding hydrogens is 253 g/mol. The van der Waals surface area contributed by atoms with Crippen molar-refractivity contribution in [3.05, 3.63) is 30.1 Å². The van der Waals surface area contributed by atoms with Crippen molar-refractivity contribution in [2.75, 3.05) is 18.8 Å². The third kappa shape index (κ3) is 5.51. The average molecular weight is 271 g/mol. The Kier molecular flexibility index (Phi) is 6.15. The molecule has 0 radical (unpaired) electrons. The molecule has 0 unspecified atom stereocenters. The molecule has 0 aromatic heterocycles. The summed E-state index contributed by atoms with van der Waals surface area (Å²) in [5.41, 5.74) is 0. The Balaban J connectivity index is 2.38. The number of thioether (sulfide) groups is 1. The summed E-state index contributed by atoms with van der Waals surface area (Å²) in [6, 6.07) is 6.53. The maximum atomic E-state index is 12.7. The van der Waals surface area contributed by atoms with Crippen molar-refractivity contribution < 1.29 is 14.3 Å². The van der Waals surface area contributed by atoms with Crippen LogP contribution in [0.1, 0.15) is 13.8 Å². The minimum Gasteiger partial charge on any atom is -0.480 e. The van der Waals surface area contributed by atoms with Crippen LogP contribution < -0.4 is 0 Å². The molecule has 0 atom stereocenters. The first-order valence-corrected chi connectivity index (χ1v) is 6.82. The van der Waals surface area contributed by atoms with E-state index in [1.165, 1.54) is 12.1 Å². The van der Waals surface area contributed by atoms with Crippen LogP contribution in [0.3, 0.4) is 0 Å². The first kappa shape index (κ1) is 15.0. The summed E-state index contributed by atoms with van der Waals surface area (Å²) in [7, 11) is 0. The molecule has 1 aromatic carbocycles. The molecule has 0 aliphatic rings. The van der Waals surface area contributed by atoms with E-state index in [0.29, 0.717) is 6.54 Å². The van der Waals surface area contributed by atoms with Gasteiger partial charge in [-0.15, -0.1) is 11.8 Å².